The molecule has 78 valence electrons. The predicted molar refractivity (Wildman–Crippen MR) is 52.9 cm³/mol. The van der Waals surface area contributed by atoms with Crippen LogP contribution in [0.3, 0.4) is 0 Å². The molecular weight excluding hydrogens is 166 g/mol. The summed E-state index contributed by atoms with van der Waals surface area (Å²) in [7, 11) is 0. The average Bonchev–Trinajstić information content (AvgIpc) is 2.15. The molecule has 0 amide bonds. The number of nitrogens with one attached hydrogen (secondary N) is 1. The predicted octanol–water partition coefficient (Wildman–Crippen LogP) is 1.18. The van der Waals surface area contributed by atoms with Gasteiger partial charge in [-0.25, -0.2) is 0 Å². The summed E-state index contributed by atoms with van der Waals surface area (Å²) in [5.74, 6) is 0. The molecular formula is C10H21NO2. The minimum absolute atomic E-state index is 0.0000180. The quantitative estimate of drug-likeness (QED) is 0.717. The van der Waals surface area contributed by atoms with Crippen LogP contribution < -0.4 is 5.32 Å². The molecule has 0 aromatic carbocycles. The zero-order valence-corrected chi connectivity index (χ0v) is 8.93. The van der Waals surface area contributed by atoms with Gasteiger partial charge in [-0.15, -0.1) is 0 Å². The fourth-order valence-corrected chi connectivity index (χ4v) is 1.53. The third-order valence-corrected chi connectivity index (χ3v) is 2.58. The van der Waals surface area contributed by atoms with E-state index in [4.69, 9.17) is 9.47 Å². The molecule has 1 rings (SSSR count). The second-order valence-electron chi connectivity index (χ2n) is 3.83. The molecule has 3 heteroatoms. The molecule has 1 fully saturated rings. The van der Waals surface area contributed by atoms with Gasteiger partial charge in [0.05, 0.1) is 18.3 Å². The van der Waals surface area contributed by atoms with Crippen molar-refractivity contribution < 1.29 is 9.47 Å². The van der Waals surface area contributed by atoms with E-state index in [1.165, 1.54) is 0 Å². The van der Waals surface area contributed by atoms with Gasteiger partial charge in [0.15, 0.2) is 0 Å². The molecule has 3 nitrogen and oxygen atoms in total. The number of hydrogen-bond donors (Lipinski definition) is 1. The van der Waals surface area contributed by atoms with E-state index in [2.05, 4.69) is 19.2 Å². The number of hydrogen-bond acceptors (Lipinski definition) is 3. The minimum atomic E-state index is 0.0000180. The van der Waals surface area contributed by atoms with Crippen LogP contribution in [0.2, 0.25) is 0 Å². The van der Waals surface area contributed by atoms with Crippen LogP contribution >= 0.6 is 0 Å². The summed E-state index contributed by atoms with van der Waals surface area (Å²) in [5.41, 5.74) is 0.0000180. The largest absolute Gasteiger partial charge is 0.379 e. The van der Waals surface area contributed by atoms with Crippen LogP contribution in [0.4, 0.5) is 0 Å². The highest BCUT2D eigenvalue weighted by molar-refractivity contribution is 4.83. The van der Waals surface area contributed by atoms with Gasteiger partial charge < -0.3 is 14.8 Å². The van der Waals surface area contributed by atoms with E-state index in [-0.39, 0.29) is 11.7 Å². The van der Waals surface area contributed by atoms with E-state index in [0.717, 1.165) is 26.1 Å². The second-order valence-corrected chi connectivity index (χ2v) is 3.83. The van der Waals surface area contributed by atoms with E-state index >= 15 is 0 Å². The zero-order valence-electron chi connectivity index (χ0n) is 8.93. The van der Waals surface area contributed by atoms with Crippen molar-refractivity contribution in [1.82, 2.24) is 5.32 Å². The number of rotatable bonds is 4. The Morgan fingerprint density at radius 3 is 2.92 bits per heavy atom. The van der Waals surface area contributed by atoms with E-state index in [0.29, 0.717) is 6.61 Å². The molecule has 0 aromatic heterocycles. The Morgan fingerprint density at radius 1 is 1.54 bits per heavy atom. The van der Waals surface area contributed by atoms with Crippen LogP contribution in [0.15, 0.2) is 0 Å². The third kappa shape index (κ3) is 3.25. The van der Waals surface area contributed by atoms with Gasteiger partial charge in [-0.05, 0) is 20.3 Å². The topological polar surface area (TPSA) is 30.5 Å². The van der Waals surface area contributed by atoms with Crippen molar-refractivity contribution in [2.24, 2.45) is 0 Å². The lowest BCUT2D eigenvalue weighted by Crippen LogP contribution is -2.53. The monoisotopic (exact) mass is 187 g/mol. The molecule has 1 aliphatic rings. The van der Waals surface area contributed by atoms with Gasteiger partial charge >= 0.3 is 0 Å². The fraction of sp³-hybridized carbons (Fsp3) is 1.00. The smallest absolute Gasteiger partial charge is 0.0940 e. The van der Waals surface area contributed by atoms with Crippen molar-refractivity contribution in [3.05, 3.63) is 0 Å². The maximum Gasteiger partial charge on any atom is 0.0940 e. The standard InChI is InChI=1S/C10H21NO2/c1-4-10(3)8-11-6-9(13-10)7-12-5-2/h9,11H,4-8H2,1-3H3. The van der Waals surface area contributed by atoms with Crippen LogP contribution in [-0.4, -0.2) is 38.0 Å². The van der Waals surface area contributed by atoms with Crippen LogP contribution in [0.5, 0.6) is 0 Å². The molecule has 1 heterocycles. The van der Waals surface area contributed by atoms with Crippen molar-refractivity contribution in [2.75, 3.05) is 26.3 Å². The van der Waals surface area contributed by atoms with Gasteiger partial charge in [-0.3, -0.25) is 0 Å². The molecule has 13 heavy (non-hydrogen) atoms. The molecule has 0 radical (unpaired) electrons. The number of morpholine rings is 1. The summed E-state index contributed by atoms with van der Waals surface area (Å²) in [6.45, 7) is 9.65. The second kappa shape index (κ2) is 4.94. The Morgan fingerprint density at radius 2 is 2.31 bits per heavy atom. The molecule has 0 spiro atoms. The summed E-state index contributed by atoms with van der Waals surface area (Å²) in [4.78, 5) is 0. The van der Waals surface area contributed by atoms with Gasteiger partial charge in [-0.2, -0.15) is 0 Å². The van der Waals surface area contributed by atoms with E-state index in [1.807, 2.05) is 6.92 Å². The van der Waals surface area contributed by atoms with E-state index in [9.17, 15) is 0 Å². The highest BCUT2D eigenvalue weighted by atomic mass is 16.5. The first-order chi connectivity index (χ1) is 6.20. The van der Waals surface area contributed by atoms with Crippen molar-refractivity contribution in [1.29, 1.82) is 0 Å². The normalized spacial score (nSPS) is 34.8. The Kier molecular flexibility index (Phi) is 4.16. The Hall–Kier alpha value is -0.120. The minimum Gasteiger partial charge on any atom is -0.379 e. The number of ether oxygens (including phenoxy) is 2. The lowest BCUT2D eigenvalue weighted by atomic mass is 10.0. The summed E-state index contributed by atoms with van der Waals surface area (Å²) in [6.07, 6.45) is 1.27. The molecule has 0 saturated carbocycles. The molecule has 0 aliphatic carbocycles. The molecule has 2 unspecified atom stereocenters. The maximum absolute atomic E-state index is 5.94. The molecule has 0 aromatic rings. The lowest BCUT2D eigenvalue weighted by molar-refractivity contribution is -0.129. The summed E-state index contributed by atoms with van der Waals surface area (Å²) < 4.78 is 11.3. The van der Waals surface area contributed by atoms with Crippen molar-refractivity contribution in [2.45, 2.75) is 38.9 Å². The first-order valence-corrected chi connectivity index (χ1v) is 5.16. The Labute approximate surface area is 80.8 Å². The van der Waals surface area contributed by atoms with Gasteiger partial charge in [0.1, 0.15) is 0 Å². The van der Waals surface area contributed by atoms with Crippen LogP contribution in [-0.2, 0) is 9.47 Å². The van der Waals surface area contributed by atoms with Crippen molar-refractivity contribution in [3.8, 4) is 0 Å². The van der Waals surface area contributed by atoms with Gasteiger partial charge in [0.2, 0.25) is 0 Å². The summed E-state index contributed by atoms with van der Waals surface area (Å²) >= 11 is 0. The summed E-state index contributed by atoms with van der Waals surface area (Å²) in [6, 6.07) is 0. The van der Waals surface area contributed by atoms with Crippen molar-refractivity contribution in [3.63, 3.8) is 0 Å². The van der Waals surface area contributed by atoms with E-state index in [1.54, 1.807) is 0 Å². The molecule has 2 atom stereocenters. The molecule has 1 aliphatic heterocycles. The molecule has 1 N–H and O–H groups in total. The SMILES string of the molecule is CCOCC1CNCC(C)(CC)O1. The highest BCUT2D eigenvalue weighted by Crippen LogP contribution is 2.19. The van der Waals surface area contributed by atoms with E-state index < -0.39 is 0 Å². The third-order valence-electron chi connectivity index (χ3n) is 2.58. The lowest BCUT2D eigenvalue weighted by Gasteiger charge is -2.38. The van der Waals surface area contributed by atoms with Crippen molar-refractivity contribution >= 4 is 0 Å². The van der Waals surface area contributed by atoms with Crippen LogP contribution in [0.25, 0.3) is 0 Å². The molecule has 0 bridgehead atoms. The Balaban J connectivity index is 2.33. The van der Waals surface area contributed by atoms with Gasteiger partial charge in [0.25, 0.3) is 0 Å². The zero-order chi connectivity index (χ0) is 9.73. The fourth-order valence-electron chi connectivity index (χ4n) is 1.53. The highest BCUT2D eigenvalue weighted by Gasteiger charge is 2.30. The first kappa shape index (κ1) is 11.0. The Bertz CT molecular complexity index is 152. The van der Waals surface area contributed by atoms with Gasteiger partial charge in [-0.1, -0.05) is 6.92 Å². The maximum atomic E-state index is 5.94. The van der Waals surface area contributed by atoms with Gasteiger partial charge in [0, 0.05) is 19.7 Å². The van der Waals surface area contributed by atoms with Crippen LogP contribution in [0, 0.1) is 0 Å². The van der Waals surface area contributed by atoms with Crippen LogP contribution in [0.1, 0.15) is 27.2 Å². The first-order valence-electron chi connectivity index (χ1n) is 5.16. The molecule has 1 saturated heterocycles. The average molecular weight is 187 g/mol. The summed E-state index contributed by atoms with van der Waals surface area (Å²) in [5, 5.41) is 3.38.